The third-order valence-corrected chi connectivity index (χ3v) is 4.11. The molecule has 0 aliphatic carbocycles. The minimum atomic E-state index is -0.0949. The first-order valence-electron chi connectivity index (χ1n) is 7.56. The smallest absolute Gasteiger partial charge is 0.269 e. The van der Waals surface area contributed by atoms with E-state index in [0.717, 1.165) is 31.6 Å². The highest BCUT2D eigenvalue weighted by Gasteiger charge is 2.23. The van der Waals surface area contributed by atoms with Gasteiger partial charge in [-0.05, 0) is 25.0 Å². The van der Waals surface area contributed by atoms with Crippen LogP contribution in [0.15, 0.2) is 30.9 Å². The van der Waals surface area contributed by atoms with Gasteiger partial charge in [-0.3, -0.25) is 4.79 Å². The topological polar surface area (TPSA) is 86.8 Å². The van der Waals surface area contributed by atoms with Crippen LogP contribution in [0, 0.1) is 11.3 Å². The Morgan fingerprint density at radius 2 is 2.22 bits per heavy atom. The Bertz CT molecular complexity index is 739. The van der Waals surface area contributed by atoms with Crippen LogP contribution in [0.2, 0.25) is 0 Å². The third-order valence-electron chi connectivity index (χ3n) is 4.11. The molecule has 2 aromatic rings. The maximum Gasteiger partial charge on any atom is 0.269 e. The van der Waals surface area contributed by atoms with Crippen LogP contribution < -0.4 is 10.2 Å². The molecule has 1 aliphatic heterocycles. The molecule has 0 atom stereocenters. The highest BCUT2D eigenvalue weighted by atomic mass is 16.2. The molecular weight excluding hydrogens is 292 g/mol. The maximum absolute atomic E-state index is 12.2. The summed E-state index contributed by atoms with van der Waals surface area (Å²) >= 11 is 0. The number of nitriles is 1. The molecule has 118 valence electrons. The molecule has 0 radical (unpaired) electrons. The van der Waals surface area contributed by atoms with Crippen molar-refractivity contribution in [3.63, 3.8) is 0 Å². The van der Waals surface area contributed by atoms with E-state index in [1.807, 2.05) is 12.1 Å². The summed E-state index contributed by atoms with van der Waals surface area (Å²) in [6.07, 6.45) is 6.48. The number of hydrogen-bond acceptors (Lipinski definition) is 5. The SMILES string of the molecule is Cn1cncc1C(=O)NC1CCN(c2cccnc2C#N)CC1. The Kier molecular flexibility index (Phi) is 4.24. The van der Waals surface area contributed by atoms with E-state index in [-0.39, 0.29) is 11.9 Å². The van der Waals surface area contributed by atoms with Crippen molar-refractivity contribution in [3.05, 3.63) is 42.2 Å². The van der Waals surface area contributed by atoms with Gasteiger partial charge in [-0.25, -0.2) is 9.97 Å². The number of nitrogens with one attached hydrogen (secondary N) is 1. The normalized spacial score (nSPS) is 15.2. The number of anilines is 1. The molecular formula is C16H18N6O. The number of nitrogens with zero attached hydrogens (tertiary/aromatic N) is 5. The summed E-state index contributed by atoms with van der Waals surface area (Å²) in [5, 5.41) is 12.2. The van der Waals surface area contributed by atoms with Crippen LogP contribution in [-0.2, 0) is 7.05 Å². The van der Waals surface area contributed by atoms with Gasteiger partial charge in [-0.2, -0.15) is 5.26 Å². The fraction of sp³-hybridized carbons (Fsp3) is 0.375. The van der Waals surface area contributed by atoms with E-state index in [0.29, 0.717) is 11.4 Å². The van der Waals surface area contributed by atoms with Crippen molar-refractivity contribution in [1.29, 1.82) is 5.26 Å². The Hall–Kier alpha value is -2.88. The first kappa shape index (κ1) is 15.0. The van der Waals surface area contributed by atoms with Crippen molar-refractivity contribution in [2.75, 3.05) is 18.0 Å². The van der Waals surface area contributed by atoms with E-state index in [2.05, 4.69) is 26.3 Å². The molecule has 7 heteroatoms. The van der Waals surface area contributed by atoms with E-state index >= 15 is 0 Å². The van der Waals surface area contributed by atoms with Crippen LogP contribution in [-0.4, -0.2) is 39.6 Å². The van der Waals surface area contributed by atoms with Gasteiger partial charge in [0.15, 0.2) is 5.69 Å². The van der Waals surface area contributed by atoms with Gasteiger partial charge in [-0.15, -0.1) is 0 Å². The summed E-state index contributed by atoms with van der Waals surface area (Å²) < 4.78 is 1.71. The molecule has 1 N–H and O–H groups in total. The lowest BCUT2D eigenvalue weighted by Gasteiger charge is -2.34. The summed E-state index contributed by atoms with van der Waals surface area (Å²) in [5.74, 6) is -0.0949. The van der Waals surface area contributed by atoms with Gasteiger partial charge in [-0.1, -0.05) is 0 Å². The molecule has 1 amide bonds. The lowest BCUT2D eigenvalue weighted by Crippen LogP contribution is -2.45. The number of hydrogen-bond donors (Lipinski definition) is 1. The minimum absolute atomic E-state index is 0.0949. The van der Waals surface area contributed by atoms with Crippen LogP contribution >= 0.6 is 0 Å². The summed E-state index contributed by atoms with van der Waals surface area (Å²) in [6, 6.07) is 6.02. The molecule has 0 spiro atoms. The zero-order valence-electron chi connectivity index (χ0n) is 12.9. The second-order valence-electron chi connectivity index (χ2n) is 5.61. The van der Waals surface area contributed by atoms with Crippen molar-refractivity contribution >= 4 is 11.6 Å². The van der Waals surface area contributed by atoms with Crippen molar-refractivity contribution in [2.45, 2.75) is 18.9 Å². The molecule has 7 nitrogen and oxygen atoms in total. The fourth-order valence-corrected chi connectivity index (χ4v) is 2.84. The first-order chi connectivity index (χ1) is 11.2. The number of piperidine rings is 1. The van der Waals surface area contributed by atoms with Crippen LogP contribution in [0.5, 0.6) is 0 Å². The Balaban J connectivity index is 1.60. The summed E-state index contributed by atoms with van der Waals surface area (Å²) in [7, 11) is 1.80. The third kappa shape index (κ3) is 3.16. The van der Waals surface area contributed by atoms with E-state index in [1.54, 1.807) is 30.3 Å². The van der Waals surface area contributed by atoms with Gasteiger partial charge < -0.3 is 14.8 Å². The predicted molar refractivity (Wildman–Crippen MR) is 84.9 cm³/mol. The molecule has 1 aliphatic rings. The standard InChI is InChI=1S/C16H18N6O/c1-21-11-18-10-15(21)16(23)20-12-4-7-22(8-5-12)14-3-2-6-19-13(14)9-17/h2-3,6,10-12H,4-5,7-8H2,1H3,(H,20,23). The Morgan fingerprint density at radius 1 is 1.43 bits per heavy atom. The quantitative estimate of drug-likeness (QED) is 0.917. The van der Waals surface area contributed by atoms with Crippen LogP contribution in [0.4, 0.5) is 5.69 Å². The second-order valence-corrected chi connectivity index (χ2v) is 5.61. The molecule has 0 aromatic carbocycles. The van der Waals surface area contributed by atoms with Gasteiger partial charge in [0.25, 0.3) is 5.91 Å². The second kappa shape index (κ2) is 6.48. The van der Waals surface area contributed by atoms with E-state index in [9.17, 15) is 4.79 Å². The van der Waals surface area contributed by atoms with Gasteiger partial charge in [0.1, 0.15) is 11.8 Å². The number of carbonyl (C=O) groups is 1. The number of pyridine rings is 1. The van der Waals surface area contributed by atoms with E-state index < -0.39 is 0 Å². The Morgan fingerprint density at radius 3 is 2.87 bits per heavy atom. The largest absolute Gasteiger partial charge is 0.369 e. The van der Waals surface area contributed by atoms with Crippen molar-refractivity contribution in [3.8, 4) is 6.07 Å². The van der Waals surface area contributed by atoms with Crippen LogP contribution in [0.25, 0.3) is 0 Å². The summed E-state index contributed by atoms with van der Waals surface area (Å²) in [6.45, 7) is 1.58. The van der Waals surface area contributed by atoms with Gasteiger partial charge in [0.05, 0.1) is 18.2 Å². The highest BCUT2D eigenvalue weighted by Crippen LogP contribution is 2.22. The van der Waals surface area contributed by atoms with Gasteiger partial charge in [0.2, 0.25) is 0 Å². The lowest BCUT2D eigenvalue weighted by molar-refractivity contribution is 0.0923. The minimum Gasteiger partial charge on any atom is -0.369 e. The molecule has 0 bridgehead atoms. The number of imidazole rings is 1. The number of aromatic nitrogens is 3. The summed E-state index contributed by atoms with van der Waals surface area (Å²) in [5.41, 5.74) is 1.88. The number of amides is 1. The summed E-state index contributed by atoms with van der Waals surface area (Å²) in [4.78, 5) is 22.4. The number of carbonyl (C=O) groups excluding carboxylic acids is 1. The number of rotatable bonds is 3. The highest BCUT2D eigenvalue weighted by molar-refractivity contribution is 5.92. The van der Waals surface area contributed by atoms with E-state index in [1.165, 1.54) is 0 Å². The van der Waals surface area contributed by atoms with Crippen LogP contribution in [0.3, 0.4) is 0 Å². The molecule has 0 unspecified atom stereocenters. The molecule has 23 heavy (non-hydrogen) atoms. The Labute approximate surface area is 134 Å². The predicted octanol–water partition coefficient (Wildman–Crippen LogP) is 1.09. The molecule has 3 rings (SSSR count). The van der Waals surface area contributed by atoms with Crippen molar-refractivity contribution < 1.29 is 4.79 Å². The first-order valence-corrected chi connectivity index (χ1v) is 7.56. The van der Waals surface area contributed by atoms with Crippen molar-refractivity contribution in [1.82, 2.24) is 19.9 Å². The fourth-order valence-electron chi connectivity index (χ4n) is 2.84. The molecule has 0 saturated carbocycles. The molecule has 3 heterocycles. The van der Waals surface area contributed by atoms with Crippen LogP contribution in [0.1, 0.15) is 29.0 Å². The maximum atomic E-state index is 12.2. The van der Waals surface area contributed by atoms with Gasteiger partial charge in [0, 0.05) is 32.4 Å². The molecule has 1 fully saturated rings. The van der Waals surface area contributed by atoms with E-state index in [4.69, 9.17) is 5.26 Å². The monoisotopic (exact) mass is 310 g/mol. The molecule has 2 aromatic heterocycles. The van der Waals surface area contributed by atoms with Gasteiger partial charge >= 0.3 is 0 Å². The average molecular weight is 310 g/mol. The lowest BCUT2D eigenvalue weighted by atomic mass is 10.0. The molecule has 1 saturated heterocycles. The van der Waals surface area contributed by atoms with Crippen molar-refractivity contribution in [2.24, 2.45) is 7.05 Å². The number of aryl methyl sites for hydroxylation is 1. The average Bonchev–Trinajstić information content (AvgIpc) is 3.02. The zero-order chi connectivity index (χ0) is 16.2. The zero-order valence-corrected chi connectivity index (χ0v) is 12.9.